The first-order valence-electron chi connectivity index (χ1n) is 10.2. The standard InChI is InChI=1S/C24H22FN3O2S2/c1-16(11-12-17-7-3-2-4-8-17)26-21(29)15-32-24-27-19-13-14-31-22(19)23(30)28(24)20-10-6-5-9-18(20)25/h2-10,13-14,16H,11-12,15H2,1H3,(H,26,29)/t16-/m1/s1. The van der Waals surface area contributed by atoms with Crippen molar-refractivity contribution in [1.29, 1.82) is 0 Å². The van der Waals surface area contributed by atoms with Gasteiger partial charge in [-0.25, -0.2) is 9.37 Å². The second-order valence-corrected chi connectivity index (χ2v) is 9.26. The van der Waals surface area contributed by atoms with E-state index in [1.165, 1.54) is 33.6 Å². The van der Waals surface area contributed by atoms with Gasteiger partial charge < -0.3 is 5.32 Å². The number of para-hydroxylation sites is 1. The van der Waals surface area contributed by atoms with Gasteiger partial charge in [0.1, 0.15) is 10.5 Å². The topological polar surface area (TPSA) is 64.0 Å². The van der Waals surface area contributed by atoms with E-state index in [4.69, 9.17) is 0 Å². The Morgan fingerprint density at radius 3 is 2.69 bits per heavy atom. The highest BCUT2D eigenvalue weighted by molar-refractivity contribution is 7.99. The molecule has 0 saturated heterocycles. The van der Waals surface area contributed by atoms with E-state index in [0.717, 1.165) is 24.6 Å². The number of nitrogens with zero attached hydrogens (tertiary/aromatic N) is 2. The minimum Gasteiger partial charge on any atom is -0.353 e. The summed E-state index contributed by atoms with van der Waals surface area (Å²) in [5, 5.41) is 5.06. The highest BCUT2D eigenvalue weighted by Gasteiger charge is 2.18. The molecule has 32 heavy (non-hydrogen) atoms. The number of carbonyl (C=O) groups is 1. The SMILES string of the molecule is C[C@H](CCc1ccccc1)NC(=O)CSc1nc2ccsc2c(=O)n1-c1ccccc1F. The predicted octanol–water partition coefficient (Wildman–Crippen LogP) is 4.82. The van der Waals surface area contributed by atoms with Crippen LogP contribution in [-0.2, 0) is 11.2 Å². The minimum absolute atomic E-state index is 0.00406. The number of rotatable bonds is 8. The molecule has 2 heterocycles. The molecule has 0 unspecified atom stereocenters. The van der Waals surface area contributed by atoms with Crippen LogP contribution < -0.4 is 10.9 Å². The first kappa shape index (κ1) is 22.2. The first-order chi connectivity index (χ1) is 15.5. The molecule has 8 heteroatoms. The van der Waals surface area contributed by atoms with Gasteiger partial charge in [0.2, 0.25) is 5.91 Å². The predicted molar refractivity (Wildman–Crippen MR) is 128 cm³/mol. The Kier molecular flexibility index (Phi) is 7.02. The number of nitrogens with one attached hydrogen (secondary N) is 1. The van der Waals surface area contributed by atoms with Crippen LogP contribution in [0.5, 0.6) is 0 Å². The molecule has 164 valence electrons. The van der Waals surface area contributed by atoms with Crippen molar-refractivity contribution in [1.82, 2.24) is 14.9 Å². The number of thiophene rings is 1. The molecule has 1 N–H and O–H groups in total. The lowest BCUT2D eigenvalue weighted by atomic mass is 10.1. The summed E-state index contributed by atoms with van der Waals surface area (Å²) in [6.45, 7) is 1.97. The van der Waals surface area contributed by atoms with Crippen LogP contribution in [-0.4, -0.2) is 27.3 Å². The molecule has 1 atom stereocenters. The number of hydrogen-bond donors (Lipinski definition) is 1. The molecule has 0 aliphatic heterocycles. The summed E-state index contributed by atoms with van der Waals surface area (Å²) in [5.74, 6) is -0.602. The third kappa shape index (κ3) is 5.08. The number of aryl methyl sites for hydroxylation is 1. The molecule has 1 amide bonds. The maximum Gasteiger partial charge on any atom is 0.276 e. The Balaban J connectivity index is 1.48. The molecule has 0 aliphatic carbocycles. The van der Waals surface area contributed by atoms with E-state index in [-0.39, 0.29) is 34.1 Å². The summed E-state index contributed by atoms with van der Waals surface area (Å²) in [4.78, 5) is 30.1. The van der Waals surface area contributed by atoms with Gasteiger partial charge in [-0.05, 0) is 48.9 Å². The highest BCUT2D eigenvalue weighted by Crippen LogP contribution is 2.24. The van der Waals surface area contributed by atoms with Crippen molar-refractivity contribution in [2.75, 3.05) is 5.75 Å². The second-order valence-electron chi connectivity index (χ2n) is 7.40. The van der Waals surface area contributed by atoms with Gasteiger partial charge in [-0.3, -0.25) is 14.2 Å². The van der Waals surface area contributed by atoms with Crippen molar-refractivity contribution in [2.45, 2.75) is 31.0 Å². The molecule has 2 aromatic heterocycles. The summed E-state index contributed by atoms with van der Waals surface area (Å²) in [5.41, 5.74) is 1.56. The van der Waals surface area contributed by atoms with Gasteiger partial charge in [0, 0.05) is 6.04 Å². The van der Waals surface area contributed by atoms with Crippen LogP contribution in [0.3, 0.4) is 0 Å². The van der Waals surface area contributed by atoms with Crippen molar-refractivity contribution >= 4 is 39.2 Å². The van der Waals surface area contributed by atoms with Crippen LogP contribution in [0.1, 0.15) is 18.9 Å². The zero-order chi connectivity index (χ0) is 22.5. The summed E-state index contributed by atoms with van der Waals surface area (Å²) < 4.78 is 16.2. The zero-order valence-corrected chi connectivity index (χ0v) is 19.1. The lowest BCUT2D eigenvalue weighted by Crippen LogP contribution is -2.34. The summed E-state index contributed by atoms with van der Waals surface area (Å²) in [6.07, 6.45) is 1.69. The van der Waals surface area contributed by atoms with E-state index in [2.05, 4.69) is 22.4 Å². The average molecular weight is 468 g/mol. The zero-order valence-electron chi connectivity index (χ0n) is 17.5. The molecule has 0 fully saturated rings. The van der Waals surface area contributed by atoms with E-state index in [0.29, 0.717) is 10.2 Å². The lowest BCUT2D eigenvalue weighted by molar-refractivity contribution is -0.119. The molecular formula is C24H22FN3O2S2. The van der Waals surface area contributed by atoms with E-state index in [9.17, 15) is 14.0 Å². The Morgan fingerprint density at radius 2 is 1.91 bits per heavy atom. The van der Waals surface area contributed by atoms with Crippen molar-refractivity contribution in [3.63, 3.8) is 0 Å². The van der Waals surface area contributed by atoms with Gasteiger partial charge in [-0.2, -0.15) is 0 Å². The molecule has 2 aromatic carbocycles. The fraction of sp³-hybridized carbons (Fsp3) is 0.208. The summed E-state index contributed by atoms with van der Waals surface area (Å²) >= 11 is 2.39. The normalized spacial score (nSPS) is 12.1. The third-order valence-electron chi connectivity index (χ3n) is 4.99. The van der Waals surface area contributed by atoms with Crippen LogP contribution in [0.2, 0.25) is 0 Å². The van der Waals surface area contributed by atoms with Crippen molar-refractivity contribution in [2.24, 2.45) is 0 Å². The smallest absolute Gasteiger partial charge is 0.276 e. The van der Waals surface area contributed by atoms with Gasteiger partial charge in [-0.15, -0.1) is 11.3 Å². The number of aromatic nitrogens is 2. The fourth-order valence-electron chi connectivity index (χ4n) is 3.38. The Hall–Kier alpha value is -2.97. The quantitative estimate of drug-likeness (QED) is 0.298. The Morgan fingerprint density at radius 1 is 1.16 bits per heavy atom. The largest absolute Gasteiger partial charge is 0.353 e. The number of benzene rings is 2. The van der Waals surface area contributed by atoms with Crippen LogP contribution >= 0.6 is 23.1 Å². The molecule has 0 spiro atoms. The maximum absolute atomic E-state index is 14.5. The Labute approximate surface area is 193 Å². The van der Waals surface area contributed by atoms with Crippen LogP contribution in [0.4, 0.5) is 4.39 Å². The number of halogens is 1. The number of amides is 1. The van der Waals surface area contributed by atoms with Crippen molar-refractivity contribution in [3.05, 3.63) is 87.8 Å². The molecule has 0 aliphatic rings. The molecule has 0 radical (unpaired) electrons. The molecule has 4 rings (SSSR count). The molecule has 4 aromatic rings. The summed E-state index contributed by atoms with van der Waals surface area (Å²) in [6, 6.07) is 17.9. The fourth-order valence-corrected chi connectivity index (χ4v) is 4.96. The van der Waals surface area contributed by atoms with E-state index in [1.54, 1.807) is 23.6 Å². The van der Waals surface area contributed by atoms with E-state index < -0.39 is 5.82 Å². The van der Waals surface area contributed by atoms with Crippen molar-refractivity contribution < 1.29 is 9.18 Å². The highest BCUT2D eigenvalue weighted by atomic mass is 32.2. The van der Waals surface area contributed by atoms with Gasteiger partial charge in [0.15, 0.2) is 5.16 Å². The monoisotopic (exact) mass is 467 g/mol. The number of hydrogen-bond acceptors (Lipinski definition) is 5. The average Bonchev–Trinajstić information content (AvgIpc) is 3.27. The van der Waals surface area contributed by atoms with E-state index in [1.807, 2.05) is 25.1 Å². The summed E-state index contributed by atoms with van der Waals surface area (Å²) in [7, 11) is 0. The Bertz CT molecular complexity index is 1290. The van der Waals surface area contributed by atoms with Crippen LogP contribution in [0, 0.1) is 5.82 Å². The third-order valence-corrected chi connectivity index (χ3v) is 6.82. The van der Waals surface area contributed by atoms with Gasteiger partial charge >= 0.3 is 0 Å². The van der Waals surface area contributed by atoms with Gasteiger partial charge in [0.25, 0.3) is 5.56 Å². The molecule has 0 saturated carbocycles. The van der Waals surface area contributed by atoms with E-state index >= 15 is 0 Å². The minimum atomic E-state index is -0.520. The van der Waals surface area contributed by atoms with Crippen molar-refractivity contribution in [3.8, 4) is 5.69 Å². The molecular weight excluding hydrogens is 445 g/mol. The lowest BCUT2D eigenvalue weighted by Gasteiger charge is -2.15. The van der Waals surface area contributed by atoms with Crippen LogP contribution in [0.25, 0.3) is 15.9 Å². The number of thioether (sulfide) groups is 1. The number of fused-ring (bicyclic) bond motifs is 1. The maximum atomic E-state index is 14.5. The van der Waals surface area contributed by atoms with Gasteiger partial charge in [0.05, 0.1) is 17.0 Å². The second kappa shape index (κ2) is 10.1. The number of carbonyl (C=O) groups excluding carboxylic acids is 1. The van der Waals surface area contributed by atoms with Crippen LogP contribution in [0.15, 0.2) is 76.0 Å². The molecule has 0 bridgehead atoms. The molecule has 5 nitrogen and oxygen atoms in total. The first-order valence-corrected chi connectivity index (χ1v) is 12.1. The van der Waals surface area contributed by atoms with Gasteiger partial charge in [-0.1, -0.05) is 54.2 Å².